The number of hydrogen-bond acceptors (Lipinski definition) is 3. The molecule has 0 radical (unpaired) electrons. The van der Waals surface area contributed by atoms with E-state index in [9.17, 15) is 13.6 Å². The molecule has 1 amide bonds. The number of piperidine rings is 1. The number of benzene rings is 1. The molecule has 1 saturated heterocycles. The van der Waals surface area contributed by atoms with Crippen molar-refractivity contribution in [3.05, 3.63) is 29.8 Å². The van der Waals surface area contributed by atoms with Crippen molar-refractivity contribution in [1.82, 2.24) is 10.6 Å². The van der Waals surface area contributed by atoms with Crippen molar-refractivity contribution in [2.45, 2.75) is 39.0 Å². The zero-order valence-electron chi connectivity index (χ0n) is 11.9. The van der Waals surface area contributed by atoms with E-state index in [1.54, 1.807) is 18.2 Å². The average Bonchev–Trinajstić information content (AvgIpc) is 2.46. The number of amides is 1. The highest BCUT2D eigenvalue weighted by atomic mass is 19.3. The molecule has 2 atom stereocenters. The molecule has 0 aromatic heterocycles. The van der Waals surface area contributed by atoms with E-state index >= 15 is 0 Å². The van der Waals surface area contributed by atoms with Crippen molar-refractivity contribution in [2.75, 3.05) is 6.54 Å². The normalized spacial score (nSPS) is 22.1. The molecule has 0 bridgehead atoms. The van der Waals surface area contributed by atoms with Crippen molar-refractivity contribution in [1.29, 1.82) is 0 Å². The largest absolute Gasteiger partial charge is 0.434 e. The van der Waals surface area contributed by atoms with Crippen LogP contribution in [-0.2, 0) is 11.3 Å². The quantitative estimate of drug-likeness (QED) is 0.877. The zero-order chi connectivity index (χ0) is 15.2. The van der Waals surface area contributed by atoms with Gasteiger partial charge in [-0.15, -0.1) is 0 Å². The van der Waals surface area contributed by atoms with Gasteiger partial charge in [-0.2, -0.15) is 8.78 Å². The second kappa shape index (κ2) is 7.36. The van der Waals surface area contributed by atoms with Crippen LogP contribution in [0.4, 0.5) is 8.78 Å². The average molecular weight is 298 g/mol. The molecule has 2 unspecified atom stereocenters. The van der Waals surface area contributed by atoms with Crippen LogP contribution in [0.15, 0.2) is 24.3 Å². The summed E-state index contributed by atoms with van der Waals surface area (Å²) in [5, 5.41) is 5.97. The number of halogens is 2. The molecule has 6 heteroatoms. The molecule has 1 aliphatic rings. The first-order valence-corrected chi connectivity index (χ1v) is 7.11. The summed E-state index contributed by atoms with van der Waals surface area (Å²) in [5.74, 6) is 0.262. The molecule has 1 aliphatic heterocycles. The van der Waals surface area contributed by atoms with E-state index in [2.05, 4.69) is 15.4 Å². The second-order valence-corrected chi connectivity index (χ2v) is 5.26. The molecule has 0 saturated carbocycles. The summed E-state index contributed by atoms with van der Waals surface area (Å²) in [4.78, 5) is 12.2. The third kappa shape index (κ3) is 4.39. The summed E-state index contributed by atoms with van der Waals surface area (Å²) in [7, 11) is 0. The van der Waals surface area contributed by atoms with Gasteiger partial charge in [-0.25, -0.2) is 0 Å². The summed E-state index contributed by atoms with van der Waals surface area (Å²) in [6, 6.07) is 6.25. The van der Waals surface area contributed by atoms with Gasteiger partial charge in [0.1, 0.15) is 5.75 Å². The molecule has 0 aliphatic carbocycles. The first-order valence-electron chi connectivity index (χ1n) is 7.11. The predicted molar refractivity (Wildman–Crippen MR) is 75.1 cm³/mol. The maximum Gasteiger partial charge on any atom is 0.387 e. The number of alkyl halides is 2. The van der Waals surface area contributed by atoms with Crippen LogP contribution in [0, 0.1) is 5.92 Å². The highest BCUT2D eigenvalue weighted by molar-refractivity contribution is 5.82. The lowest BCUT2D eigenvalue weighted by atomic mass is 9.92. The minimum absolute atomic E-state index is 0.0949. The lowest BCUT2D eigenvalue weighted by molar-refractivity contribution is -0.125. The molecule has 1 aromatic rings. The number of nitrogens with one attached hydrogen (secondary N) is 2. The summed E-state index contributed by atoms with van der Waals surface area (Å²) < 4.78 is 29.1. The highest BCUT2D eigenvalue weighted by Gasteiger charge is 2.27. The van der Waals surface area contributed by atoms with Gasteiger partial charge in [-0.05, 0) is 31.4 Å². The third-order valence-corrected chi connectivity index (χ3v) is 3.69. The van der Waals surface area contributed by atoms with E-state index in [0.29, 0.717) is 5.56 Å². The number of carbonyl (C=O) groups is 1. The number of ether oxygens (including phenoxy) is 1. The molecule has 21 heavy (non-hydrogen) atoms. The molecule has 1 heterocycles. The smallest absolute Gasteiger partial charge is 0.387 e. The number of para-hydroxylation sites is 1. The molecule has 2 N–H and O–H groups in total. The lowest BCUT2D eigenvalue weighted by Gasteiger charge is -2.29. The zero-order valence-corrected chi connectivity index (χ0v) is 11.9. The van der Waals surface area contributed by atoms with E-state index in [4.69, 9.17) is 0 Å². The molecule has 1 fully saturated rings. The molecule has 0 spiro atoms. The second-order valence-electron chi connectivity index (χ2n) is 5.26. The molecule has 4 nitrogen and oxygen atoms in total. The fourth-order valence-corrected chi connectivity index (χ4v) is 2.55. The van der Waals surface area contributed by atoms with Crippen LogP contribution in [0.5, 0.6) is 5.75 Å². The van der Waals surface area contributed by atoms with Crippen molar-refractivity contribution in [2.24, 2.45) is 5.92 Å². The van der Waals surface area contributed by atoms with Gasteiger partial charge in [0.05, 0.1) is 6.04 Å². The minimum atomic E-state index is -2.87. The van der Waals surface area contributed by atoms with Crippen molar-refractivity contribution in [3.8, 4) is 5.75 Å². The molecular weight excluding hydrogens is 278 g/mol. The topological polar surface area (TPSA) is 50.4 Å². The van der Waals surface area contributed by atoms with Crippen molar-refractivity contribution < 1.29 is 18.3 Å². The van der Waals surface area contributed by atoms with Crippen molar-refractivity contribution in [3.63, 3.8) is 0 Å². The lowest BCUT2D eigenvalue weighted by Crippen LogP contribution is -2.50. The standard InChI is InChI=1S/C15H20F2N2O2/c1-10-5-4-8-18-13(10)14(20)19-9-11-6-2-3-7-12(11)21-15(16)17/h2-3,6-7,10,13,15,18H,4-5,8-9H2,1H3,(H,19,20). The SMILES string of the molecule is CC1CCCNC1C(=O)NCc1ccccc1OC(F)F. The number of carbonyl (C=O) groups excluding carboxylic acids is 1. The van der Waals surface area contributed by atoms with Crippen LogP contribution in [0.3, 0.4) is 0 Å². The van der Waals surface area contributed by atoms with E-state index in [-0.39, 0.29) is 30.2 Å². The first-order chi connectivity index (χ1) is 10.1. The van der Waals surface area contributed by atoms with Crippen LogP contribution in [0.25, 0.3) is 0 Å². The maximum atomic E-state index is 12.3. The van der Waals surface area contributed by atoms with E-state index < -0.39 is 6.61 Å². The highest BCUT2D eigenvalue weighted by Crippen LogP contribution is 2.20. The Morgan fingerprint density at radius 3 is 2.95 bits per heavy atom. The fraction of sp³-hybridized carbons (Fsp3) is 0.533. The van der Waals surface area contributed by atoms with Crippen LogP contribution < -0.4 is 15.4 Å². The summed E-state index contributed by atoms with van der Waals surface area (Å²) in [6.45, 7) is 0.159. The van der Waals surface area contributed by atoms with Gasteiger partial charge in [-0.3, -0.25) is 4.79 Å². The van der Waals surface area contributed by atoms with Gasteiger partial charge in [0.2, 0.25) is 5.91 Å². The van der Waals surface area contributed by atoms with Crippen molar-refractivity contribution >= 4 is 5.91 Å². The first kappa shape index (κ1) is 15.7. The Balaban J connectivity index is 1.94. The van der Waals surface area contributed by atoms with E-state index in [1.165, 1.54) is 6.07 Å². The number of rotatable bonds is 5. The van der Waals surface area contributed by atoms with E-state index in [0.717, 1.165) is 19.4 Å². The Labute approximate surface area is 122 Å². The molecule has 2 rings (SSSR count). The van der Waals surface area contributed by atoms with E-state index in [1.807, 2.05) is 6.92 Å². The van der Waals surface area contributed by atoms with Gasteiger partial charge in [-0.1, -0.05) is 25.1 Å². The monoisotopic (exact) mass is 298 g/mol. The Bertz CT molecular complexity index is 482. The van der Waals surface area contributed by atoms with Gasteiger partial charge in [0.15, 0.2) is 0 Å². The summed E-state index contributed by atoms with van der Waals surface area (Å²) in [6.07, 6.45) is 2.08. The van der Waals surface area contributed by atoms with Crippen LogP contribution >= 0.6 is 0 Å². The fourth-order valence-electron chi connectivity index (χ4n) is 2.55. The minimum Gasteiger partial charge on any atom is -0.434 e. The van der Waals surface area contributed by atoms with Crippen LogP contribution in [0.1, 0.15) is 25.3 Å². The van der Waals surface area contributed by atoms with Gasteiger partial charge >= 0.3 is 6.61 Å². The third-order valence-electron chi connectivity index (χ3n) is 3.69. The van der Waals surface area contributed by atoms with Gasteiger partial charge in [0, 0.05) is 12.1 Å². The molecular formula is C15H20F2N2O2. The summed E-state index contributed by atoms with van der Waals surface area (Å²) in [5.41, 5.74) is 0.537. The Hall–Kier alpha value is -1.69. The molecule has 116 valence electrons. The Morgan fingerprint density at radius 1 is 1.48 bits per heavy atom. The predicted octanol–water partition coefficient (Wildman–Crippen LogP) is 2.29. The van der Waals surface area contributed by atoms with Crippen LogP contribution in [-0.4, -0.2) is 25.1 Å². The maximum absolute atomic E-state index is 12.3. The molecule has 1 aromatic carbocycles. The Morgan fingerprint density at radius 2 is 2.24 bits per heavy atom. The van der Waals surface area contributed by atoms with Crippen LogP contribution in [0.2, 0.25) is 0 Å². The number of hydrogen-bond donors (Lipinski definition) is 2. The van der Waals surface area contributed by atoms with Gasteiger partial charge in [0.25, 0.3) is 0 Å². The summed E-state index contributed by atoms with van der Waals surface area (Å²) >= 11 is 0. The van der Waals surface area contributed by atoms with Gasteiger partial charge < -0.3 is 15.4 Å². The Kier molecular flexibility index (Phi) is 5.50.